The Balaban J connectivity index is 4.25. The van der Waals surface area contributed by atoms with Gasteiger partial charge < -0.3 is 5.32 Å². The van der Waals surface area contributed by atoms with Gasteiger partial charge in [-0.25, -0.2) is 0 Å². The third-order valence-corrected chi connectivity index (χ3v) is 2.39. The Morgan fingerprint density at radius 3 is 2.29 bits per heavy atom. The maximum atomic E-state index is 11.4. The van der Waals surface area contributed by atoms with Crippen LogP contribution in [0.5, 0.6) is 0 Å². The highest BCUT2D eigenvalue weighted by molar-refractivity contribution is 5.84. The fourth-order valence-corrected chi connectivity index (χ4v) is 1.29. The van der Waals surface area contributed by atoms with E-state index in [0.29, 0.717) is 19.5 Å². The number of Topliss-reactive ketones (excluding diaryl/α,β-unsaturated/α-hetero) is 1. The zero-order valence-corrected chi connectivity index (χ0v) is 9.46. The lowest BCUT2D eigenvalue weighted by molar-refractivity contribution is -0.126. The van der Waals surface area contributed by atoms with Crippen molar-refractivity contribution in [2.75, 3.05) is 20.1 Å². The summed E-state index contributed by atoms with van der Waals surface area (Å²) < 4.78 is 0. The van der Waals surface area contributed by atoms with Gasteiger partial charge in [-0.15, -0.1) is 0 Å². The molecule has 0 aliphatic heterocycles. The van der Waals surface area contributed by atoms with Crippen molar-refractivity contribution in [1.82, 2.24) is 10.2 Å². The smallest absolute Gasteiger partial charge is 0.233 e. The van der Waals surface area contributed by atoms with Gasteiger partial charge in [0.05, 0.1) is 12.6 Å². The van der Waals surface area contributed by atoms with Crippen LogP contribution in [0.3, 0.4) is 0 Å². The first-order valence-corrected chi connectivity index (χ1v) is 5.04. The molecule has 0 saturated carbocycles. The fourth-order valence-electron chi connectivity index (χ4n) is 1.29. The average molecular weight is 200 g/mol. The van der Waals surface area contributed by atoms with Gasteiger partial charge >= 0.3 is 0 Å². The highest BCUT2D eigenvalue weighted by Gasteiger charge is 2.19. The van der Waals surface area contributed by atoms with E-state index in [1.807, 2.05) is 25.7 Å². The maximum Gasteiger partial charge on any atom is 0.233 e. The van der Waals surface area contributed by atoms with Crippen molar-refractivity contribution in [3.8, 4) is 0 Å². The quantitative estimate of drug-likeness (QED) is 0.676. The SMILES string of the molecule is CCC(=O)C(C)N(CC)CC(=O)NC. The minimum atomic E-state index is -0.165. The average Bonchev–Trinajstić information content (AvgIpc) is 2.23. The molecular weight excluding hydrogens is 180 g/mol. The molecule has 0 aliphatic rings. The zero-order valence-electron chi connectivity index (χ0n) is 9.46. The van der Waals surface area contributed by atoms with Crippen LogP contribution < -0.4 is 5.32 Å². The summed E-state index contributed by atoms with van der Waals surface area (Å²) in [4.78, 5) is 24.4. The summed E-state index contributed by atoms with van der Waals surface area (Å²) in [7, 11) is 1.60. The van der Waals surface area contributed by atoms with Crippen LogP contribution in [0.2, 0.25) is 0 Å². The molecule has 82 valence electrons. The summed E-state index contributed by atoms with van der Waals surface area (Å²) in [6.07, 6.45) is 0.519. The van der Waals surface area contributed by atoms with Gasteiger partial charge in [0.2, 0.25) is 5.91 Å². The molecule has 0 radical (unpaired) electrons. The Hall–Kier alpha value is -0.900. The standard InChI is InChI=1S/C10H20N2O2/c1-5-9(13)8(3)12(6-2)7-10(14)11-4/h8H,5-7H2,1-4H3,(H,11,14). The van der Waals surface area contributed by atoms with Crippen LogP contribution in [-0.4, -0.2) is 42.8 Å². The molecule has 0 aromatic heterocycles. The number of carbonyl (C=O) groups excluding carboxylic acids is 2. The first-order chi connectivity index (χ1) is 6.56. The largest absolute Gasteiger partial charge is 0.358 e. The second-order valence-electron chi connectivity index (χ2n) is 3.23. The lowest BCUT2D eigenvalue weighted by Gasteiger charge is -2.25. The van der Waals surface area contributed by atoms with E-state index in [0.717, 1.165) is 0 Å². The molecule has 0 rings (SSSR count). The van der Waals surface area contributed by atoms with Gasteiger partial charge in [-0.1, -0.05) is 13.8 Å². The van der Waals surface area contributed by atoms with Crippen LogP contribution in [0, 0.1) is 0 Å². The maximum absolute atomic E-state index is 11.4. The Bertz CT molecular complexity index is 204. The van der Waals surface area contributed by atoms with E-state index in [1.165, 1.54) is 0 Å². The van der Waals surface area contributed by atoms with E-state index in [4.69, 9.17) is 0 Å². The molecule has 0 aromatic carbocycles. The number of rotatable bonds is 6. The van der Waals surface area contributed by atoms with E-state index in [1.54, 1.807) is 7.05 Å². The third-order valence-electron chi connectivity index (χ3n) is 2.39. The molecule has 1 amide bonds. The molecule has 0 spiro atoms. The first kappa shape index (κ1) is 13.1. The topological polar surface area (TPSA) is 49.4 Å². The molecule has 1 atom stereocenters. The molecule has 0 heterocycles. The van der Waals surface area contributed by atoms with Gasteiger partial charge in [0.15, 0.2) is 0 Å². The van der Waals surface area contributed by atoms with E-state index in [-0.39, 0.29) is 17.7 Å². The Morgan fingerprint density at radius 1 is 1.36 bits per heavy atom. The number of nitrogens with one attached hydrogen (secondary N) is 1. The van der Waals surface area contributed by atoms with Gasteiger partial charge in [-0.05, 0) is 13.5 Å². The Labute approximate surface area is 85.7 Å². The number of likely N-dealkylation sites (N-methyl/N-ethyl adjacent to an activating group) is 2. The lowest BCUT2D eigenvalue weighted by atomic mass is 10.1. The van der Waals surface area contributed by atoms with E-state index in [2.05, 4.69) is 5.32 Å². The van der Waals surface area contributed by atoms with Crippen LogP contribution in [-0.2, 0) is 9.59 Å². The molecule has 1 unspecified atom stereocenters. The van der Waals surface area contributed by atoms with Crippen molar-refractivity contribution in [1.29, 1.82) is 0 Å². The van der Waals surface area contributed by atoms with Crippen molar-refractivity contribution in [3.05, 3.63) is 0 Å². The van der Waals surface area contributed by atoms with Crippen molar-refractivity contribution in [2.45, 2.75) is 33.2 Å². The van der Waals surface area contributed by atoms with Crippen molar-refractivity contribution in [2.24, 2.45) is 0 Å². The highest BCUT2D eigenvalue weighted by atomic mass is 16.2. The van der Waals surface area contributed by atoms with E-state index >= 15 is 0 Å². The highest BCUT2D eigenvalue weighted by Crippen LogP contribution is 2.01. The van der Waals surface area contributed by atoms with E-state index in [9.17, 15) is 9.59 Å². The first-order valence-electron chi connectivity index (χ1n) is 5.04. The molecule has 0 bridgehead atoms. The molecule has 14 heavy (non-hydrogen) atoms. The molecule has 4 nitrogen and oxygen atoms in total. The molecule has 4 heteroatoms. The second kappa shape index (κ2) is 6.54. The number of carbonyl (C=O) groups is 2. The van der Waals surface area contributed by atoms with E-state index < -0.39 is 0 Å². The Morgan fingerprint density at radius 2 is 1.93 bits per heavy atom. The van der Waals surface area contributed by atoms with Crippen LogP contribution in [0.4, 0.5) is 0 Å². The fraction of sp³-hybridized carbons (Fsp3) is 0.800. The summed E-state index contributed by atoms with van der Waals surface area (Å²) in [5.74, 6) is 0.123. The molecule has 0 fully saturated rings. The summed E-state index contributed by atoms with van der Waals surface area (Å²) in [5.41, 5.74) is 0. The molecule has 0 aliphatic carbocycles. The zero-order chi connectivity index (χ0) is 11.1. The van der Waals surface area contributed by atoms with Crippen molar-refractivity contribution >= 4 is 11.7 Å². The number of nitrogens with zero attached hydrogens (tertiary/aromatic N) is 1. The van der Waals surface area contributed by atoms with Crippen LogP contribution in [0.25, 0.3) is 0 Å². The monoisotopic (exact) mass is 200 g/mol. The summed E-state index contributed by atoms with van der Waals surface area (Å²) in [5, 5.41) is 2.55. The summed E-state index contributed by atoms with van der Waals surface area (Å²) in [6, 6.07) is -0.165. The van der Waals surface area contributed by atoms with Gasteiger partial charge in [0.1, 0.15) is 5.78 Å². The van der Waals surface area contributed by atoms with Crippen molar-refractivity contribution < 1.29 is 9.59 Å². The second-order valence-corrected chi connectivity index (χ2v) is 3.23. The van der Waals surface area contributed by atoms with Crippen LogP contribution in [0.1, 0.15) is 27.2 Å². The molecular formula is C10H20N2O2. The number of ketones is 1. The van der Waals surface area contributed by atoms with Gasteiger partial charge in [0.25, 0.3) is 0 Å². The third kappa shape index (κ3) is 3.87. The number of amides is 1. The minimum absolute atomic E-state index is 0.0531. The number of hydrogen-bond donors (Lipinski definition) is 1. The normalized spacial score (nSPS) is 12.6. The van der Waals surface area contributed by atoms with Crippen LogP contribution in [0.15, 0.2) is 0 Å². The minimum Gasteiger partial charge on any atom is -0.358 e. The lowest BCUT2D eigenvalue weighted by Crippen LogP contribution is -2.44. The van der Waals surface area contributed by atoms with Crippen LogP contribution >= 0.6 is 0 Å². The van der Waals surface area contributed by atoms with Gasteiger partial charge in [-0.3, -0.25) is 14.5 Å². The predicted molar refractivity (Wildman–Crippen MR) is 56.1 cm³/mol. The summed E-state index contributed by atoms with van der Waals surface area (Å²) >= 11 is 0. The molecule has 1 N–H and O–H groups in total. The van der Waals surface area contributed by atoms with Gasteiger partial charge in [-0.2, -0.15) is 0 Å². The van der Waals surface area contributed by atoms with Crippen molar-refractivity contribution in [3.63, 3.8) is 0 Å². The Kier molecular flexibility index (Phi) is 6.12. The predicted octanol–water partition coefficient (Wildman–Crippen LogP) is 0.422. The summed E-state index contributed by atoms with van der Waals surface area (Å²) in [6.45, 7) is 6.63. The number of hydrogen-bond acceptors (Lipinski definition) is 3. The molecule has 0 saturated heterocycles. The van der Waals surface area contributed by atoms with Gasteiger partial charge in [0, 0.05) is 13.5 Å². The molecule has 0 aromatic rings.